The third kappa shape index (κ3) is 1.82. The van der Waals surface area contributed by atoms with E-state index in [1.807, 2.05) is 0 Å². The molecular weight excluding hydrogens is 227 g/mol. The highest BCUT2D eigenvalue weighted by Gasteiger charge is 2.05. The van der Waals surface area contributed by atoms with Crippen LogP contribution in [-0.4, -0.2) is 6.47 Å². The fraction of sp³-hybridized carbons (Fsp3) is 0.125. The van der Waals surface area contributed by atoms with Gasteiger partial charge in [0, 0.05) is 0 Å². The molecule has 0 amide bonds. The van der Waals surface area contributed by atoms with E-state index in [1.54, 1.807) is 6.92 Å². The number of carbonyl (C=O) groups excluding carboxylic acids is 1. The lowest BCUT2D eigenvalue weighted by Crippen LogP contribution is -1.92. The van der Waals surface area contributed by atoms with Gasteiger partial charge in [-0.05, 0) is 40.5 Å². The number of hydrogen-bond donors (Lipinski definition) is 0. The van der Waals surface area contributed by atoms with E-state index in [1.165, 1.54) is 12.1 Å². The van der Waals surface area contributed by atoms with Crippen molar-refractivity contribution in [2.24, 2.45) is 0 Å². The minimum absolute atomic E-state index is 0.282. The molecule has 0 fully saturated rings. The third-order valence-electron chi connectivity index (χ3n) is 1.39. The SMILES string of the molecule is Cc1cc(F)c(Br)cc1OC=O. The summed E-state index contributed by atoms with van der Waals surface area (Å²) in [6.07, 6.45) is 0. The molecule has 1 aromatic rings. The summed E-state index contributed by atoms with van der Waals surface area (Å²) in [5.41, 5.74) is 0.586. The minimum atomic E-state index is -0.370. The van der Waals surface area contributed by atoms with Crippen molar-refractivity contribution in [3.63, 3.8) is 0 Å². The van der Waals surface area contributed by atoms with Gasteiger partial charge in [0.1, 0.15) is 11.6 Å². The highest BCUT2D eigenvalue weighted by Crippen LogP contribution is 2.25. The number of hydrogen-bond acceptors (Lipinski definition) is 2. The maximum absolute atomic E-state index is 12.8. The number of benzene rings is 1. The molecule has 2 nitrogen and oxygen atoms in total. The second kappa shape index (κ2) is 3.67. The monoisotopic (exact) mass is 232 g/mol. The Labute approximate surface area is 77.5 Å². The molecule has 0 saturated heterocycles. The molecule has 12 heavy (non-hydrogen) atoms. The normalized spacial score (nSPS) is 9.58. The van der Waals surface area contributed by atoms with Gasteiger partial charge in [0.2, 0.25) is 0 Å². The summed E-state index contributed by atoms with van der Waals surface area (Å²) in [4.78, 5) is 9.99. The molecule has 4 heteroatoms. The highest BCUT2D eigenvalue weighted by atomic mass is 79.9. The molecule has 0 radical (unpaired) electrons. The van der Waals surface area contributed by atoms with Gasteiger partial charge < -0.3 is 4.74 Å². The first kappa shape index (κ1) is 9.19. The van der Waals surface area contributed by atoms with Gasteiger partial charge >= 0.3 is 0 Å². The fourth-order valence-electron chi connectivity index (χ4n) is 0.807. The van der Waals surface area contributed by atoms with Gasteiger partial charge in [0.25, 0.3) is 6.47 Å². The van der Waals surface area contributed by atoms with Crippen molar-refractivity contribution < 1.29 is 13.9 Å². The van der Waals surface area contributed by atoms with E-state index in [-0.39, 0.29) is 10.3 Å². The van der Waals surface area contributed by atoms with E-state index >= 15 is 0 Å². The summed E-state index contributed by atoms with van der Waals surface area (Å²) >= 11 is 2.98. The summed E-state index contributed by atoms with van der Waals surface area (Å²) in [7, 11) is 0. The molecule has 0 saturated carbocycles. The summed E-state index contributed by atoms with van der Waals surface area (Å²) in [5.74, 6) is -0.0102. The molecule has 0 spiro atoms. The summed E-state index contributed by atoms with van der Waals surface area (Å²) < 4.78 is 17.7. The lowest BCUT2D eigenvalue weighted by Gasteiger charge is -2.03. The van der Waals surface area contributed by atoms with Crippen molar-refractivity contribution >= 4 is 22.4 Å². The second-order valence-corrected chi connectivity index (χ2v) is 3.10. The molecule has 64 valence electrons. The standard InChI is InChI=1S/C8H6BrFO2/c1-5-2-7(10)6(9)3-8(5)12-4-11/h2-4H,1H3. The molecule has 0 aliphatic rings. The Bertz CT molecular complexity index is 312. The number of ether oxygens (including phenoxy) is 1. The van der Waals surface area contributed by atoms with Gasteiger partial charge in [-0.3, -0.25) is 4.79 Å². The molecule has 0 aromatic heterocycles. The van der Waals surface area contributed by atoms with Crippen LogP contribution in [0.2, 0.25) is 0 Å². The Morgan fingerprint density at radius 3 is 2.83 bits per heavy atom. The minimum Gasteiger partial charge on any atom is -0.428 e. The first-order valence-electron chi connectivity index (χ1n) is 3.21. The van der Waals surface area contributed by atoms with Crippen LogP contribution in [0, 0.1) is 12.7 Å². The van der Waals surface area contributed by atoms with Crippen LogP contribution in [0.5, 0.6) is 5.75 Å². The lowest BCUT2D eigenvalue weighted by atomic mass is 10.2. The first-order valence-corrected chi connectivity index (χ1v) is 4.00. The Balaban J connectivity index is 3.13. The van der Waals surface area contributed by atoms with Gasteiger partial charge in [-0.2, -0.15) is 0 Å². The summed E-state index contributed by atoms with van der Waals surface area (Å²) in [6, 6.07) is 2.71. The zero-order chi connectivity index (χ0) is 9.14. The molecule has 1 rings (SSSR count). The van der Waals surface area contributed by atoms with Crippen molar-refractivity contribution in [3.05, 3.63) is 28.0 Å². The van der Waals surface area contributed by atoms with Crippen LogP contribution in [0.15, 0.2) is 16.6 Å². The van der Waals surface area contributed by atoms with Crippen molar-refractivity contribution in [1.29, 1.82) is 0 Å². The fourth-order valence-corrected chi connectivity index (χ4v) is 1.13. The molecule has 0 bridgehead atoms. The molecule has 0 heterocycles. The Morgan fingerprint density at radius 2 is 2.25 bits per heavy atom. The van der Waals surface area contributed by atoms with E-state index in [0.29, 0.717) is 17.8 Å². The lowest BCUT2D eigenvalue weighted by molar-refractivity contribution is -0.120. The van der Waals surface area contributed by atoms with Crippen LogP contribution in [0.25, 0.3) is 0 Å². The van der Waals surface area contributed by atoms with Crippen LogP contribution in [0.3, 0.4) is 0 Å². The average molecular weight is 233 g/mol. The Hall–Kier alpha value is -0.900. The third-order valence-corrected chi connectivity index (χ3v) is 2.00. The summed E-state index contributed by atoms with van der Waals surface area (Å²) in [6.45, 7) is 1.97. The van der Waals surface area contributed by atoms with E-state index in [0.717, 1.165) is 0 Å². The molecule has 0 aliphatic carbocycles. The number of aryl methyl sites for hydroxylation is 1. The average Bonchev–Trinajstić information content (AvgIpc) is 2.01. The predicted octanol–water partition coefficient (Wildman–Crippen LogP) is 2.43. The second-order valence-electron chi connectivity index (χ2n) is 2.25. The van der Waals surface area contributed by atoms with Crippen LogP contribution in [0.1, 0.15) is 5.56 Å². The molecule has 0 aliphatic heterocycles. The number of rotatable bonds is 2. The molecule has 0 N–H and O–H groups in total. The maximum atomic E-state index is 12.8. The maximum Gasteiger partial charge on any atom is 0.298 e. The number of halogens is 2. The molecule has 0 atom stereocenters. The quantitative estimate of drug-likeness (QED) is 0.733. The van der Waals surface area contributed by atoms with Gasteiger partial charge in [0.15, 0.2) is 0 Å². The summed E-state index contributed by atoms with van der Waals surface area (Å²) in [5, 5.41) is 0. The van der Waals surface area contributed by atoms with Crippen molar-refractivity contribution in [1.82, 2.24) is 0 Å². The van der Waals surface area contributed by atoms with Gasteiger partial charge in [-0.1, -0.05) is 0 Å². The van der Waals surface area contributed by atoms with Gasteiger partial charge in [-0.15, -0.1) is 0 Å². The predicted molar refractivity (Wildman–Crippen MR) is 45.5 cm³/mol. The van der Waals surface area contributed by atoms with Crippen molar-refractivity contribution in [2.45, 2.75) is 6.92 Å². The van der Waals surface area contributed by atoms with Crippen LogP contribution < -0.4 is 4.74 Å². The van der Waals surface area contributed by atoms with E-state index in [9.17, 15) is 9.18 Å². The van der Waals surface area contributed by atoms with Crippen LogP contribution in [-0.2, 0) is 4.79 Å². The van der Waals surface area contributed by atoms with E-state index < -0.39 is 0 Å². The smallest absolute Gasteiger partial charge is 0.298 e. The highest BCUT2D eigenvalue weighted by molar-refractivity contribution is 9.10. The molecule has 1 aromatic carbocycles. The number of carbonyl (C=O) groups is 1. The largest absolute Gasteiger partial charge is 0.428 e. The Kier molecular flexibility index (Phi) is 2.81. The van der Waals surface area contributed by atoms with Gasteiger partial charge in [-0.25, -0.2) is 4.39 Å². The topological polar surface area (TPSA) is 26.3 Å². The van der Waals surface area contributed by atoms with E-state index in [4.69, 9.17) is 0 Å². The van der Waals surface area contributed by atoms with Crippen LogP contribution in [0.4, 0.5) is 4.39 Å². The zero-order valence-electron chi connectivity index (χ0n) is 6.30. The van der Waals surface area contributed by atoms with Crippen molar-refractivity contribution in [2.75, 3.05) is 0 Å². The van der Waals surface area contributed by atoms with Crippen molar-refractivity contribution in [3.8, 4) is 5.75 Å². The van der Waals surface area contributed by atoms with Gasteiger partial charge in [0.05, 0.1) is 4.47 Å². The van der Waals surface area contributed by atoms with Crippen LogP contribution >= 0.6 is 15.9 Å². The zero-order valence-corrected chi connectivity index (χ0v) is 7.89. The molecular formula is C8H6BrFO2. The Morgan fingerprint density at radius 1 is 1.58 bits per heavy atom. The van der Waals surface area contributed by atoms with E-state index in [2.05, 4.69) is 20.7 Å². The molecule has 0 unspecified atom stereocenters. The first-order chi connectivity index (χ1) is 5.65.